The minimum absolute atomic E-state index is 0. The van der Waals surface area contributed by atoms with Gasteiger partial charge in [0.05, 0.1) is 12.1 Å². The number of hydrogen-bond acceptors (Lipinski definition) is 3. The second-order valence-electron chi connectivity index (χ2n) is 6.53. The van der Waals surface area contributed by atoms with Gasteiger partial charge in [0.25, 0.3) is 0 Å². The van der Waals surface area contributed by atoms with Crippen LogP contribution in [0.15, 0.2) is 30.3 Å². The number of amides is 1. The van der Waals surface area contributed by atoms with Crippen LogP contribution in [0.1, 0.15) is 45.2 Å². The van der Waals surface area contributed by atoms with Gasteiger partial charge in [0.1, 0.15) is 0 Å². The van der Waals surface area contributed by atoms with E-state index < -0.39 is 0 Å². The smallest absolute Gasteiger partial charge is 0.237 e. The lowest BCUT2D eigenvalue weighted by Crippen LogP contribution is -2.50. The molecule has 0 saturated carbocycles. The topological polar surface area (TPSA) is 44.4 Å². The van der Waals surface area contributed by atoms with Gasteiger partial charge in [-0.05, 0) is 44.0 Å². The molecule has 136 valence electrons. The summed E-state index contributed by atoms with van der Waals surface area (Å²) < 4.78 is 0. The fourth-order valence-electron chi connectivity index (χ4n) is 3.43. The maximum absolute atomic E-state index is 12.5. The van der Waals surface area contributed by atoms with E-state index >= 15 is 0 Å². The molecule has 2 N–H and O–H groups in total. The van der Waals surface area contributed by atoms with Gasteiger partial charge in [-0.1, -0.05) is 51.1 Å². The van der Waals surface area contributed by atoms with Crippen LogP contribution in [0, 0.1) is 5.92 Å². The predicted molar refractivity (Wildman–Crippen MR) is 103 cm³/mol. The highest BCUT2D eigenvalue weighted by Gasteiger charge is 2.26. The first-order valence-electron chi connectivity index (χ1n) is 8.95. The highest BCUT2D eigenvalue weighted by Crippen LogP contribution is 2.20. The molecule has 0 aromatic heterocycles. The summed E-state index contributed by atoms with van der Waals surface area (Å²) in [6, 6.07) is 10.7. The van der Waals surface area contributed by atoms with E-state index in [0.717, 1.165) is 32.5 Å². The summed E-state index contributed by atoms with van der Waals surface area (Å²) in [5.74, 6) is 0.768. The van der Waals surface area contributed by atoms with Crippen LogP contribution in [0.3, 0.4) is 0 Å². The molecule has 1 heterocycles. The van der Waals surface area contributed by atoms with Crippen LogP contribution < -0.4 is 10.6 Å². The second-order valence-corrected chi connectivity index (χ2v) is 6.53. The van der Waals surface area contributed by atoms with Gasteiger partial charge in [-0.25, -0.2) is 0 Å². The SMILES string of the molecule is CCN(CC)C(CNC(=O)C1CC(C)CCN1)c1ccccc1.Cl. The molecule has 0 radical (unpaired) electrons. The number of carbonyl (C=O) groups is 1. The number of nitrogens with one attached hydrogen (secondary N) is 2. The zero-order valence-corrected chi connectivity index (χ0v) is 15.9. The van der Waals surface area contributed by atoms with Crippen molar-refractivity contribution in [3.05, 3.63) is 35.9 Å². The zero-order valence-electron chi connectivity index (χ0n) is 15.1. The standard InChI is InChI=1S/C19H31N3O.ClH/c1-4-22(5-2)18(16-9-7-6-8-10-16)14-21-19(23)17-13-15(3)11-12-20-17;/h6-10,15,17-18,20H,4-5,11-14H2,1-3H3,(H,21,23);1H. The molecule has 1 aromatic rings. The zero-order chi connectivity index (χ0) is 16.7. The van der Waals surface area contributed by atoms with Crippen LogP contribution >= 0.6 is 12.4 Å². The van der Waals surface area contributed by atoms with E-state index in [2.05, 4.69) is 60.6 Å². The van der Waals surface area contributed by atoms with Gasteiger partial charge in [0.2, 0.25) is 5.91 Å². The van der Waals surface area contributed by atoms with E-state index in [1.54, 1.807) is 0 Å². The molecule has 3 unspecified atom stereocenters. The molecule has 5 heteroatoms. The lowest BCUT2D eigenvalue weighted by atomic mass is 9.94. The van der Waals surface area contributed by atoms with Crippen LogP contribution in [0.5, 0.6) is 0 Å². The molecule has 1 aliphatic rings. The average molecular weight is 354 g/mol. The Morgan fingerprint density at radius 3 is 2.54 bits per heavy atom. The Morgan fingerprint density at radius 2 is 1.96 bits per heavy atom. The number of nitrogens with zero attached hydrogens (tertiary/aromatic N) is 1. The molecule has 1 saturated heterocycles. The van der Waals surface area contributed by atoms with Crippen molar-refractivity contribution in [3.8, 4) is 0 Å². The van der Waals surface area contributed by atoms with Gasteiger partial charge in [-0.15, -0.1) is 12.4 Å². The normalized spacial score (nSPS) is 21.8. The molecule has 1 amide bonds. The Balaban J connectivity index is 0.00000288. The molecule has 1 aromatic carbocycles. The maximum Gasteiger partial charge on any atom is 0.237 e. The van der Waals surface area contributed by atoms with Crippen molar-refractivity contribution in [2.45, 2.75) is 45.7 Å². The van der Waals surface area contributed by atoms with Crippen molar-refractivity contribution in [1.29, 1.82) is 0 Å². The molecule has 0 aliphatic carbocycles. The lowest BCUT2D eigenvalue weighted by molar-refractivity contribution is -0.124. The van der Waals surface area contributed by atoms with Crippen LogP contribution in [-0.4, -0.2) is 43.0 Å². The number of piperidine rings is 1. The van der Waals surface area contributed by atoms with Gasteiger partial charge >= 0.3 is 0 Å². The summed E-state index contributed by atoms with van der Waals surface area (Å²) in [6.07, 6.45) is 2.10. The number of hydrogen-bond donors (Lipinski definition) is 2. The molecule has 4 nitrogen and oxygen atoms in total. The number of halogens is 1. The second kappa shape index (κ2) is 10.7. The summed E-state index contributed by atoms with van der Waals surface area (Å²) in [6.45, 7) is 10.1. The van der Waals surface area contributed by atoms with Crippen LogP contribution in [-0.2, 0) is 4.79 Å². The summed E-state index contributed by atoms with van der Waals surface area (Å²) in [5, 5.41) is 6.52. The molecule has 1 fully saturated rings. The Kier molecular flexibility index (Phi) is 9.34. The Morgan fingerprint density at radius 1 is 1.29 bits per heavy atom. The lowest BCUT2D eigenvalue weighted by Gasteiger charge is -2.32. The Hall–Kier alpha value is -1.10. The van der Waals surface area contributed by atoms with Gasteiger partial charge < -0.3 is 10.6 Å². The van der Waals surface area contributed by atoms with Crippen LogP contribution in [0.25, 0.3) is 0 Å². The largest absolute Gasteiger partial charge is 0.353 e. The third kappa shape index (κ3) is 5.76. The first-order valence-corrected chi connectivity index (χ1v) is 8.95. The van der Waals surface area contributed by atoms with Crippen molar-refractivity contribution in [2.24, 2.45) is 5.92 Å². The van der Waals surface area contributed by atoms with Crippen LogP contribution in [0.4, 0.5) is 0 Å². The van der Waals surface area contributed by atoms with Crippen molar-refractivity contribution in [3.63, 3.8) is 0 Å². The first kappa shape index (κ1) is 20.9. The number of carbonyl (C=O) groups excluding carboxylic acids is 1. The molecular weight excluding hydrogens is 322 g/mol. The van der Waals surface area contributed by atoms with E-state index in [4.69, 9.17) is 0 Å². The fourth-order valence-corrected chi connectivity index (χ4v) is 3.43. The van der Waals surface area contributed by atoms with Gasteiger partial charge in [0.15, 0.2) is 0 Å². The van der Waals surface area contributed by atoms with E-state index in [9.17, 15) is 4.79 Å². The van der Waals surface area contributed by atoms with E-state index in [-0.39, 0.29) is 30.4 Å². The van der Waals surface area contributed by atoms with Crippen LogP contribution in [0.2, 0.25) is 0 Å². The molecular formula is C19H32ClN3O. The molecule has 24 heavy (non-hydrogen) atoms. The number of likely N-dealkylation sites (N-methyl/N-ethyl adjacent to an activating group) is 1. The Bertz CT molecular complexity index is 479. The summed E-state index contributed by atoms with van der Waals surface area (Å²) in [7, 11) is 0. The van der Waals surface area contributed by atoms with E-state index in [1.165, 1.54) is 5.56 Å². The third-order valence-electron chi connectivity index (χ3n) is 4.89. The van der Waals surface area contributed by atoms with Crippen molar-refractivity contribution in [1.82, 2.24) is 15.5 Å². The first-order chi connectivity index (χ1) is 11.2. The fraction of sp³-hybridized carbons (Fsp3) is 0.632. The summed E-state index contributed by atoms with van der Waals surface area (Å²) in [5.41, 5.74) is 1.27. The van der Waals surface area contributed by atoms with E-state index in [0.29, 0.717) is 12.5 Å². The maximum atomic E-state index is 12.5. The number of benzene rings is 1. The van der Waals surface area contributed by atoms with Crippen molar-refractivity contribution < 1.29 is 4.79 Å². The minimum Gasteiger partial charge on any atom is -0.353 e. The third-order valence-corrected chi connectivity index (χ3v) is 4.89. The molecule has 0 spiro atoms. The molecule has 0 bridgehead atoms. The van der Waals surface area contributed by atoms with Crippen molar-refractivity contribution >= 4 is 18.3 Å². The van der Waals surface area contributed by atoms with Gasteiger partial charge in [0, 0.05) is 6.54 Å². The minimum atomic E-state index is -0.0353. The molecule has 3 atom stereocenters. The van der Waals surface area contributed by atoms with Gasteiger partial charge in [-0.3, -0.25) is 9.69 Å². The Labute approximate surface area is 152 Å². The highest BCUT2D eigenvalue weighted by atomic mass is 35.5. The molecule has 1 aliphatic heterocycles. The predicted octanol–water partition coefficient (Wildman–Crippen LogP) is 3.00. The highest BCUT2D eigenvalue weighted by molar-refractivity contribution is 5.85. The summed E-state index contributed by atoms with van der Waals surface area (Å²) in [4.78, 5) is 14.9. The van der Waals surface area contributed by atoms with Crippen molar-refractivity contribution in [2.75, 3.05) is 26.2 Å². The number of rotatable bonds is 7. The van der Waals surface area contributed by atoms with E-state index in [1.807, 2.05) is 6.07 Å². The average Bonchev–Trinajstić information content (AvgIpc) is 2.59. The quantitative estimate of drug-likeness (QED) is 0.792. The summed E-state index contributed by atoms with van der Waals surface area (Å²) >= 11 is 0. The monoisotopic (exact) mass is 353 g/mol. The molecule has 2 rings (SSSR count). The van der Waals surface area contributed by atoms with Gasteiger partial charge in [-0.2, -0.15) is 0 Å².